The topological polar surface area (TPSA) is 29.5 Å². The van der Waals surface area contributed by atoms with Crippen molar-refractivity contribution in [2.45, 2.75) is 6.54 Å². The smallest absolute Gasteiger partial charge is 0.254 e. The Balaban J connectivity index is 2.58. The number of nitrogens with zero attached hydrogens (tertiary/aromatic N) is 1. The second kappa shape index (κ2) is 3.17. The number of methoxy groups -OCH3 is 1. The van der Waals surface area contributed by atoms with Crippen molar-refractivity contribution >= 4 is 17.5 Å². The number of carbonyl (C=O) groups excluding carboxylic acids is 1. The quantitative estimate of drug-likeness (QED) is 0.711. The van der Waals surface area contributed by atoms with Crippen molar-refractivity contribution in [3.8, 4) is 5.75 Å². The molecule has 1 amide bonds. The summed E-state index contributed by atoms with van der Waals surface area (Å²) in [6, 6.07) is 3.46. The molecule has 4 heteroatoms. The zero-order chi connectivity index (χ0) is 10.3. The Morgan fingerprint density at radius 3 is 2.86 bits per heavy atom. The lowest BCUT2D eigenvalue weighted by Crippen LogP contribution is -2.17. The molecule has 1 aliphatic rings. The predicted octanol–water partition coefficient (Wildman–Crippen LogP) is 1.93. The summed E-state index contributed by atoms with van der Waals surface area (Å²) < 4.78 is 5.05. The zero-order valence-electron chi connectivity index (χ0n) is 8.00. The van der Waals surface area contributed by atoms with E-state index >= 15 is 0 Å². The van der Waals surface area contributed by atoms with E-state index < -0.39 is 0 Å². The molecule has 1 aliphatic heterocycles. The number of carbonyl (C=O) groups is 1. The number of rotatable bonds is 1. The van der Waals surface area contributed by atoms with Crippen LogP contribution in [0.15, 0.2) is 12.1 Å². The van der Waals surface area contributed by atoms with Gasteiger partial charge in [-0.05, 0) is 12.1 Å². The maximum absolute atomic E-state index is 11.6. The number of ether oxygens (including phenoxy) is 1. The first-order chi connectivity index (χ1) is 6.63. The largest absolute Gasteiger partial charge is 0.497 e. The van der Waals surface area contributed by atoms with Crippen molar-refractivity contribution in [2.75, 3.05) is 14.2 Å². The van der Waals surface area contributed by atoms with Crippen LogP contribution in [0.5, 0.6) is 5.75 Å². The summed E-state index contributed by atoms with van der Waals surface area (Å²) in [5.41, 5.74) is 1.54. The van der Waals surface area contributed by atoms with E-state index in [1.165, 1.54) is 0 Å². The second-order valence-electron chi connectivity index (χ2n) is 3.30. The first kappa shape index (κ1) is 9.34. The van der Waals surface area contributed by atoms with Crippen LogP contribution in [0.2, 0.25) is 5.02 Å². The van der Waals surface area contributed by atoms with Crippen LogP contribution in [0.4, 0.5) is 0 Å². The van der Waals surface area contributed by atoms with Gasteiger partial charge >= 0.3 is 0 Å². The maximum atomic E-state index is 11.6. The Hall–Kier alpha value is -1.22. The van der Waals surface area contributed by atoms with E-state index in [1.54, 1.807) is 31.2 Å². The number of fused-ring (bicyclic) bond motifs is 1. The van der Waals surface area contributed by atoms with Gasteiger partial charge in [0.05, 0.1) is 12.1 Å². The molecular formula is C10H10ClNO2. The maximum Gasteiger partial charge on any atom is 0.254 e. The van der Waals surface area contributed by atoms with Gasteiger partial charge in [-0.3, -0.25) is 4.79 Å². The third-order valence-electron chi connectivity index (χ3n) is 2.38. The van der Waals surface area contributed by atoms with Crippen molar-refractivity contribution in [3.63, 3.8) is 0 Å². The second-order valence-corrected chi connectivity index (χ2v) is 3.70. The van der Waals surface area contributed by atoms with Gasteiger partial charge < -0.3 is 9.64 Å². The minimum atomic E-state index is 0.000741. The fourth-order valence-corrected chi connectivity index (χ4v) is 1.86. The highest BCUT2D eigenvalue weighted by Crippen LogP contribution is 2.32. The molecule has 14 heavy (non-hydrogen) atoms. The normalized spacial score (nSPS) is 14.5. The van der Waals surface area contributed by atoms with Gasteiger partial charge in [-0.2, -0.15) is 0 Å². The van der Waals surface area contributed by atoms with E-state index in [1.807, 2.05) is 0 Å². The molecular weight excluding hydrogens is 202 g/mol. The van der Waals surface area contributed by atoms with E-state index in [-0.39, 0.29) is 5.91 Å². The zero-order valence-corrected chi connectivity index (χ0v) is 8.76. The fraction of sp³-hybridized carbons (Fsp3) is 0.300. The van der Waals surface area contributed by atoms with Crippen molar-refractivity contribution < 1.29 is 9.53 Å². The molecule has 0 aromatic heterocycles. The first-order valence-corrected chi connectivity index (χ1v) is 4.63. The molecule has 0 aliphatic carbocycles. The average molecular weight is 212 g/mol. The Morgan fingerprint density at radius 1 is 1.50 bits per heavy atom. The van der Waals surface area contributed by atoms with Crippen molar-refractivity contribution in [3.05, 3.63) is 28.3 Å². The minimum Gasteiger partial charge on any atom is -0.497 e. The lowest BCUT2D eigenvalue weighted by molar-refractivity contribution is 0.0816. The van der Waals surface area contributed by atoms with Gasteiger partial charge in [-0.25, -0.2) is 0 Å². The van der Waals surface area contributed by atoms with Gasteiger partial charge in [0.1, 0.15) is 5.75 Å². The van der Waals surface area contributed by atoms with Crippen LogP contribution < -0.4 is 4.74 Å². The van der Waals surface area contributed by atoms with Crippen LogP contribution >= 0.6 is 11.6 Å². The monoisotopic (exact) mass is 211 g/mol. The molecule has 0 radical (unpaired) electrons. The lowest BCUT2D eigenvalue weighted by atomic mass is 10.1. The molecule has 0 fully saturated rings. The average Bonchev–Trinajstić information content (AvgIpc) is 2.45. The van der Waals surface area contributed by atoms with Crippen molar-refractivity contribution in [1.82, 2.24) is 4.90 Å². The Bertz CT molecular complexity index is 403. The molecule has 2 rings (SSSR count). The lowest BCUT2D eigenvalue weighted by Gasteiger charge is -2.04. The van der Waals surface area contributed by atoms with Gasteiger partial charge in [0, 0.05) is 24.7 Å². The number of hydrogen-bond donors (Lipinski definition) is 0. The van der Waals surface area contributed by atoms with Gasteiger partial charge in [-0.1, -0.05) is 11.6 Å². The van der Waals surface area contributed by atoms with Crippen molar-refractivity contribution in [2.24, 2.45) is 0 Å². The minimum absolute atomic E-state index is 0.000741. The Morgan fingerprint density at radius 2 is 2.21 bits per heavy atom. The Kier molecular flexibility index (Phi) is 2.11. The van der Waals surface area contributed by atoms with E-state index in [9.17, 15) is 4.79 Å². The molecule has 0 unspecified atom stereocenters. The SMILES string of the molecule is COc1cc(Cl)c2c(c1)C(=O)N(C)C2. The fourth-order valence-electron chi connectivity index (χ4n) is 1.60. The van der Waals surface area contributed by atoms with E-state index in [0.717, 1.165) is 5.56 Å². The summed E-state index contributed by atoms with van der Waals surface area (Å²) >= 11 is 6.03. The summed E-state index contributed by atoms with van der Waals surface area (Å²) in [5.74, 6) is 0.623. The molecule has 0 saturated heterocycles. The molecule has 0 bridgehead atoms. The Labute approximate surface area is 87.2 Å². The van der Waals surface area contributed by atoms with Crippen LogP contribution in [0.1, 0.15) is 15.9 Å². The summed E-state index contributed by atoms with van der Waals surface area (Å²) in [4.78, 5) is 13.3. The summed E-state index contributed by atoms with van der Waals surface area (Å²) in [5, 5.41) is 0.594. The number of halogens is 1. The van der Waals surface area contributed by atoms with E-state index in [0.29, 0.717) is 22.9 Å². The predicted molar refractivity (Wildman–Crippen MR) is 53.8 cm³/mol. The molecule has 1 aromatic carbocycles. The standard InChI is InChI=1S/C10H10ClNO2/c1-12-5-8-7(10(12)13)3-6(14-2)4-9(8)11/h3-4H,5H2,1-2H3. The highest BCUT2D eigenvalue weighted by atomic mass is 35.5. The molecule has 0 atom stereocenters. The molecule has 0 N–H and O–H groups in total. The third-order valence-corrected chi connectivity index (χ3v) is 2.71. The summed E-state index contributed by atoms with van der Waals surface area (Å²) in [6.45, 7) is 0.580. The van der Waals surface area contributed by atoms with Crippen LogP contribution in [-0.4, -0.2) is 25.0 Å². The first-order valence-electron chi connectivity index (χ1n) is 4.25. The number of amides is 1. The summed E-state index contributed by atoms with van der Waals surface area (Å²) in [6.07, 6.45) is 0. The highest BCUT2D eigenvalue weighted by molar-refractivity contribution is 6.32. The van der Waals surface area contributed by atoms with Crippen LogP contribution in [0.3, 0.4) is 0 Å². The molecule has 74 valence electrons. The third kappa shape index (κ3) is 1.24. The van der Waals surface area contributed by atoms with Gasteiger partial charge in [0.15, 0.2) is 0 Å². The number of benzene rings is 1. The molecule has 1 aromatic rings. The molecule has 0 saturated carbocycles. The van der Waals surface area contributed by atoms with E-state index in [2.05, 4.69) is 0 Å². The van der Waals surface area contributed by atoms with Gasteiger partial charge in [0.2, 0.25) is 0 Å². The van der Waals surface area contributed by atoms with Crippen molar-refractivity contribution in [1.29, 1.82) is 0 Å². The summed E-state index contributed by atoms with van der Waals surface area (Å²) in [7, 11) is 3.31. The van der Waals surface area contributed by atoms with Gasteiger partial charge in [0.25, 0.3) is 5.91 Å². The van der Waals surface area contributed by atoms with Crippen LogP contribution in [0.25, 0.3) is 0 Å². The van der Waals surface area contributed by atoms with E-state index in [4.69, 9.17) is 16.3 Å². The van der Waals surface area contributed by atoms with Gasteiger partial charge in [-0.15, -0.1) is 0 Å². The number of hydrogen-bond acceptors (Lipinski definition) is 2. The van der Waals surface area contributed by atoms with Crippen LogP contribution in [0, 0.1) is 0 Å². The molecule has 1 heterocycles. The highest BCUT2D eigenvalue weighted by Gasteiger charge is 2.27. The molecule has 0 spiro atoms. The molecule has 3 nitrogen and oxygen atoms in total. The van der Waals surface area contributed by atoms with Crippen LogP contribution in [-0.2, 0) is 6.54 Å².